The van der Waals surface area contributed by atoms with Crippen molar-refractivity contribution < 1.29 is 9.18 Å². The third-order valence-corrected chi connectivity index (χ3v) is 8.00. The van der Waals surface area contributed by atoms with Gasteiger partial charge in [0.1, 0.15) is 10.8 Å². The molecule has 0 saturated heterocycles. The number of benzene rings is 2. The van der Waals surface area contributed by atoms with Gasteiger partial charge in [0.15, 0.2) is 0 Å². The topological polar surface area (TPSA) is 37.3 Å². The first kappa shape index (κ1) is 20.2. The highest BCUT2D eigenvalue weighted by molar-refractivity contribution is 7.15. The molecule has 6 rings (SSSR count). The fourth-order valence-electron chi connectivity index (χ4n) is 5.12. The zero-order chi connectivity index (χ0) is 22.4. The van der Waals surface area contributed by atoms with E-state index in [0.717, 1.165) is 24.1 Å². The van der Waals surface area contributed by atoms with E-state index in [1.807, 2.05) is 40.5 Å². The lowest BCUT2D eigenvalue weighted by molar-refractivity contribution is 0.194. The number of rotatable bonds is 2. The molecular weight excluding hydrogens is 433 g/mol. The van der Waals surface area contributed by atoms with Crippen molar-refractivity contribution in [2.75, 3.05) is 5.32 Å². The third kappa shape index (κ3) is 3.45. The summed E-state index contributed by atoms with van der Waals surface area (Å²) < 4.78 is 16.6. The van der Waals surface area contributed by atoms with Crippen molar-refractivity contribution >= 4 is 23.1 Å². The summed E-state index contributed by atoms with van der Waals surface area (Å²) >= 11 is 1.86. The molecule has 2 aromatic heterocycles. The van der Waals surface area contributed by atoms with Crippen LogP contribution in [0.4, 0.5) is 14.9 Å². The quantitative estimate of drug-likeness (QED) is 0.358. The molecule has 0 bridgehead atoms. The Labute approximate surface area is 196 Å². The second-order valence-corrected chi connectivity index (χ2v) is 9.73. The highest BCUT2D eigenvalue weighted by Gasteiger charge is 2.36. The van der Waals surface area contributed by atoms with E-state index >= 15 is 0 Å². The number of halogens is 1. The highest BCUT2D eigenvalue weighted by Crippen LogP contribution is 2.44. The Morgan fingerprint density at radius 2 is 1.73 bits per heavy atom. The molecule has 0 spiro atoms. The van der Waals surface area contributed by atoms with E-state index in [0.29, 0.717) is 6.54 Å². The van der Waals surface area contributed by atoms with E-state index in [9.17, 15) is 9.18 Å². The maximum atomic E-state index is 14.4. The number of aromatic nitrogens is 1. The maximum absolute atomic E-state index is 14.4. The largest absolute Gasteiger partial charge is 0.323 e. The summed E-state index contributed by atoms with van der Waals surface area (Å²) in [5, 5.41) is 4.05. The molecule has 0 unspecified atom stereocenters. The number of hydrogen-bond donors (Lipinski definition) is 1. The van der Waals surface area contributed by atoms with Crippen LogP contribution < -0.4 is 5.32 Å². The van der Waals surface area contributed by atoms with Gasteiger partial charge in [0.05, 0.1) is 24.0 Å². The molecule has 1 N–H and O–H groups in total. The Bertz CT molecular complexity index is 1330. The summed E-state index contributed by atoms with van der Waals surface area (Å²) in [6.07, 6.45) is 6.65. The Morgan fingerprint density at radius 3 is 2.58 bits per heavy atom. The molecular formula is C27H24FN3OS. The molecule has 0 saturated carbocycles. The van der Waals surface area contributed by atoms with E-state index < -0.39 is 5.82 Å². The SMILES string of the molecule is O=C(Nc1ccccc1F)N1Cc2c(sc3c2CCCC3)-n2cccc2[C@H]1c1ccccc1. The number of fused-ring (bicyclic) bond motifs is 5. The molecule has 0 radical (unpaired) electrons. The number of anilines is 1. The number of aryl methyl sites for hydroxylation is 1. The van der Waals surface area contributed by atoms with E-state index in [1.165, 1.54) is 39.9 Å². The first-order chi connectivity index (χ1) is 16.2. The average molecular weight is 458 g/mol. The van der Waals surface area contributed by atoms with Crippen LogP contribution in [0.15, 0.2) is 72.9 Å². The lowest BCUT2D eigenvalue weighted by atomic mass is 9.95. The van der Waals surface area contributed by atoms with Gasteiger partial charge in [0.25, 0.3) is 0 Å². The van der Waals surface area contributed by atoms with Gasteiger partial charge in [0, 0.05) is 16.6 Å². The highest BCUT2D eigenvalue weighted by atomic mass is 32.1. The Kier molecular flexibility index (Phi) is 5.03. The molecule has 0 fully saturated rings. The zero-order valence-electron chi connectivity index (χ0n) is 18.1. The number of thiophene rings is 1. The molecule has 166 valence electrons. The molecule has 2 aliphatic rings. The van der Waals surface area contributed by atoms with Crippen LogP contribution in [0, 0.1) is 5.82 Å². The lowest BCUT2D eigenvalue weighted by Gasteiger charge is -2.31. The van der Waals surface area contributed by atoms with Crippen LogP contribution in [-0.2, 0) is 19.4 Å². The molecule has 2 amide bonds. The van der Waals surface area contributed by atoms with Crippen LogP contribution in [0.3, 0.4) is 0 Å². The molecule has 1 aliphatic heterocycles. The van der Waals surface area contributed by atoms with Crippen molar-refractivity contribution in [3.63, 3.8) is 0 Å². The second kappa shape index (κ2) is 8.19. The van der Waals surface area contributed by atoms with Gasteiger partial charge in [-0.15, -0.1) is 11.3 Å². The summed E-state index contributed by atoms with van der Waals surface area (Å²) in [7, 11) is 0. The minimum absolute atomic E-state index is 0.196. The summed E-state index contributed by atoms with van der Waals surface area (Å²) in [5.41, 5.74) is 4.90. The van der Waals surface area contributed by atoms with Crippen molar-refractivity contribution in [2.24, 2.45) is 0 Å². The number of amides is 2. The third-order valence-electron chi connectivity index (χ3n) is 6.67. The first-order valence-electron chi connectivity index (χ1n) is 11.4. The standard InChI is InChI=1S/C27H24FN3OS/c28-21-12-5-6-13-22(21)29-27(32)31-17-20-19-11-4-7-15-24(19)33-26(20)30-16-8-14-23(30)25(31)18-9-2-1-3-10-18/h1-3,5-6,8-10,12-14,16,25H,4,7,11,15,17H2,(H,29,32)/t25-/m1/s1. The van der Waals surface area contributed by atoms with E-state index in [1.54, 1.807) is 18.2 Å². The van der Waals surface area contributed by atoms with Crippen LogP contribution in [0.2, 0.25) is 0 Å². The van der Waals surface area contributed by atoms with Crippen LogP contribution in [0.1, 0.15) is 46.1 Å². The predicted octanol–water partition coefficient (Wildman–Crippen LogP) is 6.69. The monoisotopic (exact) mass is 457 g/mol. The van der Waals surface area contributed by atoms with E-state index in [4.69, 9.17) is 0 Å². The zero-order valence-corrected chi connectivity index (χ0v) is 18.9. The van der Waals surface area contributed by atoms with Gasteiger partial charge >= 0.3 is 6.03 Å². The van der Waals surface area contributed by atoms with Crippen LogP contribution in [0.5, 0.6) is 0 Å². The summed E-state index contributed by atoms with van der Waals surface area (Å²) in [6.45, 7) is 0.489. The molecule has 3 heterocycles. The number of carbonyl (C=O) groups excluding carboxylic acids is 1. The number of carbonyl (C=O) groups is 1. The average Bonchev–Trinajstić information content (AvgIpc) is 3.43. The smallest absolute Gasteiger partial charge is 0.310 e. The van der Waals surface area contributed by atoms with Gasteiger partial charge in [-0.1, -0.05) is 42.5 Å². The van der Waals surface area contributed by atoms with E-state index in [-0.39, 0.29) is 17.8 Å². The number of urea groups is 1. The molecule has 1 aliphatic carbocycles. The second-order valence-electron chi connectivity index (χ2n) is 8.65. The molecule has 1 atom stereocenters. The molecule has 4 nitrogen and oxygen atoms in total. The van der Waals surface area contributed by atoms with Crippen LogP contribution in [0.25, 0.3) is 5.00 Å². The molecule has 2 aromatic carbocycles. The minimum Gasteiger partial charge on any atom is -0.310 e. The van der Waals surface area contributed by atoms with Gasteiger partial charge in [0.2, 0.25) is 0 Å². The van der Waals surface area contributed by atoms with Crippen molar-refractivity contribution in [1.82, 2.24) is 9.47 Å². The summed E-state index contributed by atoms with van der Waals surface area (Å²) in [6, 6.07) is 20.0. The van der Waals surface area contributed by atoms with E-state index in [2.05, 4.69) is 34.3 Å². The fourth-order valence-corrected chi connectivity index (χ4v) is 6.53. The van der Waals surface area contributed by atoms with Gasteiger partial charge in [-0.3, -0.25) is 0 Å². The number of nitrogens with zero attached hydrogens (tertiary/aromatic N) is 2. The summed E-state index contributed by atoms with van der Waals surface area (Å²) in [5.74, 6) is -0.436. The van der Waals surface area contributed by atoms with Crippen LogP contribution in [-0.4, -0.2) is 15.5 Å². The maximum Gasteiger partial charge on any atom is 0.323 e. The van der Waals surface area contributed by atoms with Gasteiger partial charge in [-0.05, 0) is 61.1 Å². The number of nitrogens with one attached hydrogen (secondary N) is 1. The van der Waals surface area contributed by atoms with Gasteiger partial charge in [-0.2, -0.15) is 0 Å². The van der Waals surface area contributed by atoms with Gasteiger partial charge < -0.3 is 14.8 Å². The molecule has 6 heteroatoms. The Balaban J connectivity index is 1.50. The number of hydrogen-bond acceptors (Lipinski definition) is 2. The van der Waals surface area contributed by atoms with Crippen molar-refractivity contribution in [3.8, 4) is 5.00 Å². The first-order valence-corrected chi connectivity index (χ1v) is 12.2. The molecule has 33 heavy (non-hydrogen) atoms. The Hall–Kier alpha value is -3.38. The minimum atomic E-state index is -0.436. The number of para-hydroxylation sites is 1. The van der Waals surface area contributed by atoms with Crippen molar-refractivity contribution in [1.29, 1.82) is 0 Å². The summed E-state index contributed by atoms with van der Waals surface area (Å²) in [4.78, 5) is 17.0. The van der Waals surface area contributed by atoms with Gasteiger partial charge in [-0.25, -0.2) is 9.18 Å². The van der Waals surface area contributed by atoms with Crippen molar-refractivity contribution in [2.45, 2.75) is 38.3 Å². The lowest BCUT2D eigenvalue weighted by Crippen LogP contribution is -2.38. The Morgan fingerprint density at radius 1 is 0.939 bits per heavy atom. The fraction of sp³-hybridized carbons (Fsp3) is 0.222. The predicted molar refractivity (Wildman–Crippen MR) is 130 cm³/mol. The van der Waals surface area contributed by atoms with Crippen LogP contribution >= 0.6 is 11.3 Å². The molecule has 4 aromatic rings. The normalized spacial score (nSPS) is 17.0. The van der Waals surface area contributed by atoms with Crippen molar-refractivity contribution in [3.05, 3.63) is 106 Å².